The number of aliphatic carboxylic acids is 1. The number of benzene rings is 1. The molecule has 86 valence electrons. The van der Waals surface area contributed by atoms with Gasteiger partial charge in [-0.2, -0.15) is 0 Å². The predicted molar refractivity (Wildman–Crippen MR) is 60.1 cm³/mol. The zero-order valence-corrected chi connectivity index (χ0v) is 9.36. The molecule has 0 unspecified atom stereocenters. The summed E-state index contributed by atoms with van der Waals surface area (Å²) >= 11 is 0. The van der Waals surface area contributed by atoms with Gasteiger partial charge in [-0.05, 0) is 25.0 Å². The fourth-order valence-electron chi connectivity index (χ4n) is 1.65. The second kappa shape index (κ2) is 5.30. The van der Waals surface area contributed by atoms with Gasteiger partial charge in [0.15, 0.2) is 0 Å². The number of nitrogens with one attached hydrogen (secondary N) is 1. The molecule has 1 rings (SSSR count). The van der Waals surface area contributed by atoms with Crippen molar-refractivity contribution in [2.75, 3.05) is 0 Å². The lowest BCUT2D eigenvalue weighted by molar-refractivity contribution is -0.137. The second-order valence-electron chi connectivity index (χ2n) is 3.80. The van der Waals surface area contributed by atoms with Crippen molar-refractivity contribution < 1.29 is 14.7 Å². The van der Waals surface area contributed by atoms with E-state index in [1.807, 2.05) is 32.0 Å². The van der Waals surface area contributed by atoms with Gasteiger partial charge in [-0.25, -0.2) is 0 Å². The molecule has 2 N–H and O–H groups in total. The minimum Gasteiger partial charge on any atom is -0.481 e. The lowest BCUT2D eigenvalue weighted by Crippen LogP contribution is -2.23. The molecule has 16 heavy (non-hydrogen) atoms. The number of rotatable bonds is 5. The van der Waals surface area contributed by atoms with E-state index in [2.05, 4.69) is 5.32 Å². The Hall–Kier alpha value is -1.84. The van der Waals surface area contributed by atoms with Crippen LogP contribution in [0.25, 0.3) is 0 Å². The quantitative estimate of drug-likeness (QED) is 0.741. The lowest BCUT2D eigenvalue weighted by atomic mass is 9.97. The third-order valence-electron chi connectivity index (χ3n) is 2.46. The molecule has 0 aliphatic rings. The van der Waals surface area contributed by atoms with Gasteiger partial charge in [0, 0.05) is 0 Å². The van der Waals surface area contributed by atoms with Gasteiger partial charge in [0.2, 0.25) is 6.41 Å². The monoisotopic (exact) mass is 221 g/mol. The van der Waals surface area contributed by atoms with Gasteiger partial charge in [0.25, 0.3) is 0 Å². The Bertz CT molecular complexity index is 401. The van der Waals surface area contributed by atoms with Crippen LogP contribution >= 0.6 is 0 Å². The Morgan fingerprint density at radius 3 is 2.75 bits per heavy atom. The first-order valence-electron chi connectivity index (χ1n) is 5.03. The van der Waals surface area contributed by atoms with Crippen molar-refractivity contribution in [2.24, 2.45) is 0 Å². The summed E-state index contributed by atoms with van der Waals surface area (Å²) in [7, 11) is 0. The Morgan fingerprint density at radius 2 is 2.19 bits per heavy atom. The molecule has 0 spiro atoms. The summed E-state index contributed by atoms with van der Waals surface area (Å²) in [5.74, 6) is -0.930. The summed E-state index contributed by atoms with van der Waals surface area (Å²) in [6.07, 6.45) is 0.429. The van der Waals surface area contributed by atoms with Gasteiger partial charge >= 0.3 is 5.97 Å². The molecular formula is C12H15NO3. The number of hydrogen-bond donors (Lipinski definition) is 2. The summed E-state index contributed by atoms with van der Waals surface area (Å²) in [6.45, 7) is 3.83. The van der Waals surface area contributed by atoms with Crippen LogP contribution in [0.3, 0.4) is 0 Å². The van der Waals surface area contributed by atoms with E-state index in [1.54, 1.807) is 0 Å². The smallest absolute Gasteiger partial charge is 0.305 e. The fraction of sp³-hybridized carbons (Fsp3) is 0.333. The van der Waals surface area contributed by atoms with Crippen molar-refractivity contribution in [1.82, 2.24) is 5.32 Å². The summed E-state index contributed by atoms with van der Waals surface area (Å²) in [5, 5.41) is 11.3. The normalized spacial score (nSPS) is 11.9. The summed E-state index contributed by atoms with van der Waals surface area (Å²) in [6, 6.07) is 5.32. The summed E-state index contributed by atoms with van der Waals surface area (Å²) in [5.41, 5.74) is 2.88. The highest BCUT2D eigenvalue weighted by Crippen LogP contribution is 2.21. The number of carboxylic acid groups (broad SMARTS) is 1. The molecule has 1 amide bonds. The predicted octanol–water partition coefficient (Wildman–Crippen LogP) is 1.57. The van der Waals surface area contributed by atoms with E-state index < -0.39 is 12.0 Å². The second-order valence-corrected chi connectivity index (χ2v) is 3.80. The van der Waals surface area contributed by atoms with Crippen LogP contribution in [0.1, 0.15) is 29.2 Å². The molecule has 4 nitrogen and oxygen atoms in total. The maximum atomic E-state index is 10.7. The van der Waals surface area contributed by atoms with E-state index in [4.69, 9.17) is 5.11 Å². The van der Waals surface area contributed by atoms with Crippen molar-refractivity contribution in [3.63, 3.8) is 0 Å². The number of hydrogen-bond acceptors (Lipinski definition) is 2. The molecular weight excluding hydrogens is 206 g/mol. The standard InChI is InChI=1S/C12H15NO3/c1-8-3-4-9(2)10(5-8)11(13-7-14)6-12(15)16/h3-5,7,11H,6H2,1-2H3,(H,13,14)(H,15,16)/t11-/m0/s1. The minimum atomic E-state index is -0.930. The molecule has 0 aliphatic carbocycles. The molecule has 1 aromatic rings. The number of carbonyl (C=O) groups excluding carboxylic acids is 1. The molecule has 1 atom stereocenters. The molecule has 0 saturated heterocycles. The summed E-state index contributed by atoms with van der Waals surface area (Å²) in [4.78, 5) is 21.2. The zero-order chi connectivity index (χ0) is 12.1. The van der Waals surface area contributed by atoms with Gasteiger partial charge in [-0.1, -0.05) is 23.8 Å². The molecule has 0 saturated carbocycles. The van der Waals surface area contributed by atoms with Gasteiger partial charge in [0.1, 0.15) is 0 Å². The first kappa shape index (κ1) is 12.2. The molecule has 0 aliphatic heterocycles. The Labute approximate surface area is 94.3 Å². The third-order valence-corrected chi connectivity index (χ3v) is 2.46. The summed E-state index contributed by atoms with van der Waals surface area (Å²) < 4.78 is 0. The molecule has 0 aromatic heterocycles. The Morgan fingerprint density at radius 1 is 1.50 bits per heavy atom. The average Bonchev–Trinajstić information content (AvgIpc) is 2.20. The van der Waals surface area contributed by atoms with Crippen molar-refractivity contribution in [3.05, 3.63) is 34.9 Å². The van der Waals surface area contributed by atoms with E-state index >= 15 is 0 Å². The SMILES string of the molecule is Cc1ccc(C)c([C@H](CC(=O)O)NC=O)c1. The first-order chi connectivity index (χ1) is 7.54. The molecule has 0 radical (unpaired) electrons. The lowest BCUT2D eigenvalue weighted by Gasteiger charge is -2.17. The molecule has 0 heterocycles. The van der Waals surface area contributed by atoms with Gasteiger partial charge < -0.3 is 10.4 Å². The number of amides is 1. The Kier molecular flexibility index (Phi) is 4.05. The highest BCUT2D eigenvalue weighted by Gasteiger charge is 2.16. The van der Waals surface area contributed by atoms with Crippen molar-refractivity contribution in [3.8, 4) is 0 Å². The number of carboxylic acids is 1. The van der Waals surface area contributed by atoms with E-state index in [1.165, 1.54) is 0 Å². The topological polar surface area (TPSA) is 66.4 Å². The van der Waals surface area contributed by atoms with Crippen LogP contribution in [0.5, 0.6) is 0 Å². The van der Waals surface area contributed by atoms with Crippen LogP contribution in [0.2, 0.25) is 0 Å². The van der Waals surface area contributed by atoms with Crippen LogP contribution in [-0.2, 0) is 9.59 Å². The van der Waals surface area contributed by atoms with Crippen LogP contribution in [0, 0.1) is 13.8 Å². The first-order valence-corrected chi connectivity index (χ1v) is 5.03. The molecule has 4 heteroatoms. The highest BCUT2D eigenvalue weighted by atomic mass is 16.4. The number of carbonyl (C=O) groups is 2. The number of aryl methyl sites for hydroxylation is 2. The maximum absolute atomic E-state index is 10.7. The average molecular weight is 221 g/mol. The third kappa shape index (κ3) is 3.08. The van der Waals surface area contributed by atoms with E-state index in [-0.39, 0.29) is 6.42 Å². The van der Waals surface area contributed by atoms with Crippen LogP contribution in [0.4, 0.5) is 0 Å². The fourth-order valence-corrected chi connectivity index (χ4v) is 1.65. The van der Waals surface area contributed by atoms with Crippen LogP contribution in [-0.4, -0.2) is 17.5 Å². The molecule has 0 fully saturated rings. The highest BCUT2D eigenvalue weighted by molar-refractivity contribution is 5.69. The van der Waals surface area contributed by atoms with Crippen molar-refractivity contribution in [2.45, 2.75) is 26.3 Å². The van der Waals surface area contributed by atoms with Crippen molar-refractivity contribution >= 4 is 12.4 Å². The van der Waals surface area contributed by atoms with Crippen molar-refractivity contribution in [1.29, 1.82) is 0 Å². The van der Waals surface area contributed by atoms with E-state index in [0.29, 0.717) is 6.41 Å². The van der Waals surface area contributed by atoms with E-state index in [0.717, 1.165) is 16.7 Å². The largest absolute Gasteiger partial charge is 0.481 e. The van der Waals surface area contributed by atoms with Gasteiger partial charge in [-0.15, -0.1) is 0 Å². The Balaban J connectivity index is 3.03. The zero-order valence-electron chi connectivity index (χ0n) is 9.36. The maximum Gasteiger partial charge on any atom is 0.305 e. The van der Waals surface area contributed by atoms with Crippen LogP contribution in [0.15, 0.2) is 18.2 Å². The van der Waals surface area contributed by atoms with Gasteiger partial charge in [-0.3, -0.25) is 9.59 Å². The molecule has 1 aromatic carbocycles. The minimum absolute atomic E-state index is 0.108. The van der Waals surface area contributed by atoms with E-state index in [9.17, 15) is 9.59 Å². The van der Waals surface area contributed by atoms with Gasteiger partial charge in [0.05, 0.1) is 12.5 Å². The molecule has 0 bridgehead atoms. The van der Waals surface area contributed by atoms with Crippen LogP contribution < -0.4 is 5.32 Å².